The van der Waals surface area contributed by atoms with Gasteiger partial charge in [0, 0.05) is 12.8 Å². The van der Waals surface area contributed by atoms with Gasteiger partial charge in [0.1, 0.15) is 0 Å². The highest BCUT2D eigenvalue weighted by molar-refractivity contribution is 5.76. The maximum absolute atomic E-state index is 12.5. The Morgan fingerprint density at radius 2 is 0.676 bits per heavy atom. The normalized spacial score (nSPS) is 12.6. The highest BCUT2D eigenvalue weighted by Crippen LogP contribution is 2.18. The average Bonchev–Trinajstić information content (AvgIpc) is 3.34. The van der Waals surface area contributed by atoms with Crippen LogP contribution in [0.3, 0.4) is 0 Å². The minimum atomic E-state index is -0.846. The van der Waals surface area contributed by atoms with Crippen LogP contribution in [0.1, 0.15) is 348 Å². The van der Waals surface area contributed by atoms with Gasteiger partial charge in [0.05, 0.1) is 25.4 Å². The van der Waals surface area contributed by atoms with E-state index >= 15 is 0 Å². The molecule has 0 bridgehead atoms. The number of nitrogens with one attached hydrogen (secondary N) is 1. The van der Waals surface area contributed by atoms with E-state index < -0.39 is 12.1 Å². The fourth-order valence-corrected chi connectivity index (χ4v) is 9.81. The molecule has 0 fully saturated rings. The Labute approximate surface area is 425 Å². The van der Waals surface area contributed by atoms with Gasteiger partial charge in [-0.15, -0.1) is 0 Å². The number of esters is 1. The number of unbranched alkanes of at least 4 members (excludes halogenated alkanes) is 47. The molecule has 2 unspecified atom stereocenters. The number of amides is 1. The minimum Gasteiger partial charge on any atom is -0.466 e. The van der Waals surface area contributed by atoms with Crippen molar-refractivity contribution in [3.8, 4) is 0 Å². The van der Waals surface area contributed by atoms with Crippen LogP contribution in [0.5, 0.6) is 0 Å². The van der Waals surface area contributed by atoms with E-state index in [0.29, 0.717) is 19.4 Å². The molecule has 2 atom stereocenters. The summed E-state index contributed by atoms with van der Waals surface area (Å²) < 4.78 is 5.48. The van der Waals surface area contributed by atoms with E-state index in [9.17, 15) is 19.8 Å². The number of carbonyl (C=O) groups is 2. The van der Waals surface area contributed by atoms with Crippen molar-refractivity contribution in [3.05, 3.63) is 12.2 Å². The van der Waals surface area contributed by atoms with E-state index in [4.69, 9.17) is 4.74 Å². The number of allylic oxidation sites excluding steroid dienone is 1. The molecule has 0 saturated carbocycles. The van der Waals surface area contributed by atoms with Gasteiger partial charge in [0.2, 0.25) is 5.91 Å². The van der Waals surface area contributed by atoms with Crippen LogP contribution in [0.25, 0.3) is 0 Å². The lowest BCUT2D eigenvalue weighted by molar-refractivity contribution is -0.143. The number of carbonyl (C=O) groups excluding carboxylic acids is 2. The van der Waals surface area contributed by atoms with Crippen molar-refractivity contribution in [2.75, 3.05) is 13.2 Å². The summed E-state index contributed by atoms with van der Waals surface area (Å²) in [6.45, 7) is 4.93. The van der Waals surface area contributed by atoms with Crippen molar-refractivity contribution in [3.63, 3.8) is 0 Å². The summed E-state index contributed by atoms with van der Waals surface area (Å²) in [4.78, 5) is 24.5. The fraction of sp³-hybridized carbons (Fsp3) is 0.935. The zero-order valence-corrected chi connectivity index (χ0v) is 46.1. The summed E-state index contributed by atoms with van der Waals surface area (Å²) in [5.41, 5.74) is 0. The van der Waals surface area contributed by atoms with Crippen molar-refractivity contribution in [2.45, 2.75) is 360 Å². The molecule has 0 saturated heterocycles. The molecule has 0 aromatic heterocycles. The van der Waals surface area contributed by atoms with Crippen LogP contribution < -0.4 is 5.32 Å². The predicted octanol–water partition coefficient (Wildman–Crippen LogP) is 19.2. The summed E-state index contributed by atoms with van der Waals surface area (Å²) in [7, 11) is 0. The van der Waals surface area contributed by atoms with Crippen LogP contribution in [-0.4, -0.2) is 47.4 Å². The second-order valence-corrected chi connectivity index (χ2v) is 21.4. The standard InChI is InChI=1S/C62H121NO5/c1-3-5-7-9-11-13-15-17-18-19-21-24-27-31-34-38-42-46-50-54-60(65)59(58-64)63-61(66)55-51-47-43-39-35-32-28-25-22-20-23-26-29-33-37-41-45-49-53-57-68-62(67)56-52-48-44-40-36-30-16-14-12-10-8-6-4-2/h50,54,59-60,64-65H,3-49,51-53,55-58H2,1-2H3,(H,63,66)/b54-50+. The van der Waals surface area contributed by atoms with E-state index in [1.807, 2.05) is 6.08 Å². The van der Waals surface area contributed by atoms with Crippen molar-refractivity contribution in [1.82, 2.24) is 5.32 Å². The van der Waals surface area contributed by atoms with Gasteiger partial charge in [-0.25, -0.2) is 0 Å². The second kappa shape index (κ2) is 58.2. The number of aliphatic hydroxyl groups excluding tert-OH is 2. The Balaban J connectivity index is 3.42. The highest BCUT2D eigenvalue weighted by Gasteiger charge is 2.18. The lowest BCUT2D eigenvalue weighted by Crippen LogP contribution is -2.45. The SMILES string of the molecule is CCCCCCCCCCCCCCCCCCC/C=C/C(O)C(CO)NC(=O)CCCCCCCCCCCCCCCCCCCCCOC(=O)CCCCCCCCCCCCCCC. The molecule has 1 amide bonds. The minimum absolute atomic E-state index is 0.0106. The largest absolute Gasteiger partial charge is 0.466 e. The molecule has 0 aliphatic carbocycles. The van der Waals surface area contributed by atoms with Gasteiger partial charge < -0.3 is 20.3 Å². The lowest BCUT2D eigenvalue weighted by atomic mass is 10.0. The third-order valence-corrected chi connectivity index (χ3v) is 14.6. The molecule has 6 heteroatoms. The van der Waals surface area contributed by atoms with Gasteiger partial charge in [-0.2, -0.15) is 0 Å². The molecule has 0 aromatic rings. The Kier molecular flexibility index (Phi) is 57.0. The molecule has 0 spiro atoms. The Hall–Kier alpha value is -1.40. The first-order chi connectivity index (χ1) is 33.5. The lowest BCUT2D eigenvalue weighted by Gasteiger charge is -2.20. The molecule has 0 aliphatic heterocycles. The smallest absolute Gasteiger partial charge is 0.305 e. The summed E-state index contributed by atoms with van der Waals surface area (Å²) in [6, 6.07) is -0.630. The van der Waals surface area contributed by atoms with Crippen molar-refractivity contribution in [2.24, 2.45) is 0 Å². The van der Waals surface area contributed by atoms with Crippen LogP contribution in [0, 0.1) is 0 Å². The number of hydrogen-bond donors (Lipinski definition) is 3. The quantitative estimate of drug-likeness (QED) is 0.0321. The monoisotopic (exact) mass is 960 g/mol. The Bertz CT molecular complexity index is 1020. The van der Waals surface area contributed by atoms with E-state index in [-0.39, 0.29) is 18.5 Å². The molecular weight excluding hydrogens is 839 g/mol. The summed E-state index contributed by atoms with van der Waals surface area (Å²) in [5.74, 6) is -0.0568. The van der Waals surface area contributed by atoms with E-state index in [2.05, 4.69) is 19.2 Å². The average molecular weight is 961 g/mol. The first-order valence-corrected chi connectivity index (χ1v) is 31.0. The fourth-order valence-electron chi connectivity index (χ4n) is 9.81. The van der Waals surface area contributed by atoms with Gasteiger partial charge in [0.25, 0.3) is 0 Å². The highest BCUT2D eigenvalue weighted by atomic mass is 16.5. The van der Waals surface area contributed by atoms with E-state index in [0.717, 1.165) is 38.5 Å². The van der Waals surface area contributed by atoms with Crippen molar-refractivity contribution >= 4 is 11.9 Å². The van der Waals surface area contributed by atoms with Crippen molar-refractivity contribution < 1.29 is 24.5 Å². The van der Waals surface area contributed by atoms with E-state index in [1.54, 1.807) is 6.08 Å². The number of hydrogen-bond acceptors (Lipinski definition) is 5. The molecular formula is C62H121NO5. The van der Waals surface area contributed by atoms with Crippen LogP contribution in [0.4, 0.5) is 0 Å². The Morgan fingerprint density at radius 3 is 1.00 bits per heavy atom. The molecule has 0 heterocycles. The van der Waals surface area contributed by atoms with Gasteiger partial charge in [0.15, 0.2) is 0 Å². The third kappa shape index (κ3) is 53.9. The number of ether oxygens (including phenoxy) is 1. The van der Waals surface area contributed by atoms with Crippen LogP contribution in [-0.2, 0) is 14.3 Å². The number of aliphatic hydroxyl groups is 2. The second-order valence-electron chi connectivity index (χ2n) is 21.4. The van der Waals surface area contributed by atoms with Gasteiger partial charge in [-0.05, 0) is 32.1 Å². The molecule has 0 aliphatic rings. The van der Waals surface area contributed by atoms with Gasteiger partial charge >= 0.3 is 5.97 Å². The maximum atomic E-state index is 12.5. The molecule has 0 rings (SSSR count). The summed E-state index contributed by atoms with van der Waals surface area (Å²) in [5, 5.41) is 23.2. The molecule has 6 nitrogen and oxygen atoms in total. The molecule has 0 radical (unpaired) electrons. The molecule has 0 aromatic carbocycles. The Morgan fingerprint density at radius 1 is 0.397 bits per heavy atom. The zero-order valence-electron chi connectivity index (χ0n) is 46.1. The first-order valence-electron chi connectivity index (χ1n) is 31.0. The summed E-state index contributed by atoms with van der Waals surface area (Å²) in [6.07, 6.45) is 69.6. The first kappa shape index (κ1) is 66.6. The molecule has 68 heavy (non-hydrogen) atoms. The van der Waals surface area contributed by atoms with E-state index in [1.165, 1.54) is 283 Å². The predicted molar refractivity (Wildman–Crippen MR) is 297 cm³/mol. The zero-order chi connectivity index (χ0) is 49.3. The van der Waals surface area contributed by atoms with Crippen LogP contribution in [0.2, 0.25) is 0 Å². The maximum Gasteiger partial charge on any atom is 0.305 e. The van der Waals surface area contributed by atoms with Gasteiger partial charge in [-0.3, -0.25) is 9.59 Å². The molecule has 3 N–H and O–H groups in total. The number of rotatable bonds is 58. The third-order valence-electron chi connectivity index (χ3n) is 14.6. The van der Waals surface area contributed by atoms with Crippen LogP contribution >= 0.6 is 0 Å². The topological polar surface area (TPSA) is 95.9 Å². The van der Waals surface area contributed by atoms with Crippen LogP contribution in [0.15, 0.2) is 12.2 Å². The summed E-state index contributed by atoms with van der Waals surface area (Å²) >= 11 is 0. The van der Waals surface area contributed by atoms with Crippen molar-refractivity contribution in [1.29, 1.82) is 0 Å². The molecule has 404 valence electrons. The van der Waals surface area contributed by atoms with Gasteiger partial charge in [-0.1, -0.05) is 315 Å².